The van der Waals surface area contributed by atoms with Crippen molar-refractivity contribution in [3.05, 3.63) is 75.0 Å². The molecule has 0 saturated carbocycles. The average Bonchev–Trinajstić information content (AvgIpc) is 2.85. The highest BCUT2D eigenvalue weighted by molar-refractivity contribution is 6.34. The lowest BCUT2D eigenvalue weighted by molar-refractivity contribution is 0.102. The second-order valence-electron chi connectivity index (χ2n) is 5.88. The zero-order valence-electron chi connectivity index (χ0n) is 14.1. The van der Waals surface area contributed by atoms with Gasteiger partial charge in [-0.1, -0.05) is 29.3 Å². The van der Waals surface area contributed by atoms with Gasteiger partial charge in [0.25, 0.3) is 5.91 Å². The predicted molar refractivity (Wildman–Crippen MR) is 102 cm³/mol. The molecule has 1 heterocycles. The van der Waals surface area contributed by atoms with Crippen molar-refractivity contribution in [3.8, 4) is 5.69 Å². The molecule has 0 unspecified atom stereocenters. The molecule has 1 amide bonds. The number of hydrogen-bond donors (Lipinski definition) is 1. The summed E-state index contributed by atoms with van der Waals surface area (Å²) in [7, 11) is 0. The van der Waals surface area contributed by atoms with Gasteiger partial charge in [0.1, 0.15) is 0 Å². The molecule has 128 valence electrons. The van der Waals surface area contributed by atoms with E-state index >= 15 is 0 Å². The maximum Gasteiger partial charge on any atom is 0.255 e. The third kappa shape index (κ3) is 3.55. The Labute approximate surface area is 156 Å². The van der Waals surface area contributed by atoms with E-state index in [0.717, 1.165) is 22.6 Å². The van der Waals surface area contributed by atoms with E-state index in [1.165, 1.54) is 0 Å². The molecule has 0 fully saturated rings. The first-order valence-electron chi connectivity index (χ1n) is 7.76. The van der Waals surface area contributed by atoms with Crippen molar-refractivity contribution in [2.75, 3.05) is 5.32 Å². The molecular formula is C19H17Cl2N3O. The van der Waals surface area contributed by atoms with Crippen molar-refractivity contribution in [1.29, 1.82) is 0 Å². The quantitative estimate of drug-likeness (QED) is 0.671. The monoisotopic (exact) mass is 373 g/mol. The molecule has 1 N–H and O–H groups in total. The Morgan fingerprint density at radius 3 is 2.28 bits per heavy atom. The number of benzene rings is 2. The Hall–Kier alpha value is -2.30. The van der Waals surface area contributed by atoms with Crippen LogP contribution in [0, 0.1) is 20.8 Å². The normalized spacial score (nSPS) is 10.8. The van der Waals surface area contributed by atoms with Crippen molar-refractivity contribution < 1.29 is 4.79 Å². The lowest BCUT2D eigenvalue weighted by atomic mass is 10.1. The Kier molecular flexibility index (Phi) is 4.84. The summed E-state index contributed by atoms with van der Waals surface area (Å²) in [5, 5.41) is 8.40. The average molecular weight is 374 g/mol. The Balaban J connectivity index is 1.82. The summed E-state index contributed by atoms with van der Waals surface area (Å²) in [4.78, 5) is 12.4. The van der Waals surface area contributed by atoms with Crippen LogP contribution in [0.3, 0.4) is 0 Å². The van der Waals surface area contributed by atoms with E-state index in [-0.39, 0.29) is 5.91 Å². The van der Waals surface area contributed by atoms with Gasteiger partial charge in [0.05, 0.1) is 32.8 Å². The number of hydrogen-bond acceptors (Lipinski definition) is 2. The van der Waals surface area contributed by atoms with Crippen molar-refractivity contribution in [2.45, 2.75) is 20.8 Å². The first kappa shape index (κ1) is 17.5. The van der Waals surface area contributed by atoms with E-state index in [2.05, 4.69) is 10.4 Å². The maximum atomic E-state index is 12.4. The second kappa shape index (κ2) is 6.90. The summed E-state index contributed by atoms with van der Waals surface area (Å²) < 4.78 is 1.76. The molecular weight excluding hydrogens is 357 g/mol. The molecule has 0 aliphatic heterocycles. The lowest BCUT2D eigenvalue weighted by Gasteiger charge is -2.09. The summed E-state index contributed by atoms with van der Waals surface area (Å²) in [6, 6.07) is 12.7. The van der Waals surface area contributed by atoms with E-state index in [1.54, 1.807) is 22.9 Å². The molecule has 0 saturated heterocycles. The number of nitrogens with one attached hydrogen (secondary N) is 1. The second-order valence-corrected chi connectivity index (χ2v) is 6.67. The largest absolute Gasteiger partial charge is 0.321 e. The number of aromatic nitrogens is 2. The first-order valence-corrected chi connectivity index (χ1v) is 8.52. The Bertz CT molecular complexity index is 946. The first-order chi connectivity index (χ1) is 11.9. The standard InChI is InChI=1S/C19H17Cl2N3O/c1-11-4-9-17(16(20)10-11)22-19(25)14-5-7-15(8-6-14)24-13(3)18(21)12(2)23-24/h4-10H,1-3H3,(H,22,25). The van der Waals surface area contributed by atoms with E-state index in [1.807, 2.05) is 45.0 Å². The maximum absolute atomic E-state index is 12.4. The molecule has 0 atom stereocenters. The smallest absolute Gasteiger partial charge is 0.255 e. The van der Waals surface area contributed by atoms with Crippen molar-refractivity contribution in [2.24, 2.45) is 0 Å². The molecule has 0 aliphatic rings. The number of rotatable bonds is 3. The van der Waals surface area contributed by atoms with Crippen LogP contribution in [0.15, 0.2) is 42.5 Å². The minimum Gasteiger partial charge on any atom is -0.321 e. The van der Waals surface area contributed by atoms with Crippen LogP contribution < -0.4 is 5.32 Å². The van der Waals surface area contributed by atoms with Crippen LogP contribution >= 0.6 is 23.2 Å². The van der Waals surface area contributed by atoms with Crippen LogP contribution in [0.1, 0.15) is 27.3 Å². The number of halogens is 2. The van der Waals surface area contributed by atoms with Crippen molar-refractivity contribution >= 4 is 34.8 Å². The minimum absolute atomic E-state index is 0.219. The SMILES string of the molecule is Cc1ccc(NC(=O)c2ccc(-n3nc(C)c(Cl)c3C)cc2)c(Cl)c1. The number of carbonyl (C=O) groups excluding carboxylic acids is 1. The summed E-state index contributed by atoms with van der Waals surface area (Å²) in [5.41, 5.74) is 4.64. The number of nitrogens with zero attached hydrogens (tertiary/aromatic N) is 2. The number of anilines is 1. The third-order valence-corrected chi connectivity index (χ3v) is 4.81. The van der Waals surface area contributed by atoms with Gasteiger partial charge < -0.3 is 5.32 Å². The topological polar surface area (TPSA) is 46.9 Å². The van der Waals surface area contributed by atoms with Crippen LogP contribution in [-0.4, -0.2) is 15.7 Å². The highest BCUT2D eigenvalue weighted by Crippen LogP contribution is 2.24. The van der Waals surface area contributed by atoms with Gasteiger partial charge in [-0.15, -0.1) is 0 Å². The fourth-order valence-corrected chi connectivity index (χ4v) is 2.95. The van der Waals surface area contributed by atoms with Crippen LogP contribution in [0.25, 0.3) is 5.69 Å². The van der Waals surface area contributed by atoms with Crippen LogP contribution in [0.5, 0.6) is 0 Å². The van der Waals surface area contributed by atoms with Crippen LogP contribution in [-0.2, 0) is 0 Å². The predicted octanol–water partition coefficient (Wildman–Crippen LogP) is 5.36. The molecule has 2 aromatic carbocycles. The molecule has 25 heavy (non-hydrogen) atoms. The fourth-order valence-electron chi connectivity index (χ4n) is 2.55. The summed E-state index contributed by atoms with van der Waals surface area (Å²) in [6.45, 7) is 5.71. The van der Waals surface area contributed by atoms with Crippen LogP contribution in [0.4, 0.5) is 5.69 Å². The molecule has 1 aromatic heterocycles. The molecule has 0 bridgehead atoms. The van der Waals surface area contributed by atoms with E-state index in [9.17, 15) is 4.79 Å². The van der Waals surface area contributed by atoms with Gasteiger partial charge in [0.15, 0.2) is 0 Å². The summed E-state index contributed by atoms with van der Waals surface area (Å²) >= 11 is 12.3. The van der Waals surface area contributed by atoms with Gasteiger partial charge in [-0.05, 0) is 62.7 Å². The minimum atomic E-state index is -0.219. The molecule has 0 spiro atoms. The van der Waals surface area contributed by atoms with E-state index in [0.29, 0.717) is 21.3 Å². The lowest BCUT2D eigenvalue weighted by Crippen LogP contribution is -2.12. The number of amides is 1. The highest BCUT2D eigenvalue weighted by Gasteiger charge is 2.12. The number of aryl methyl sites for hydroxylation is 2. The molecule has 6 heteroatoms. The van der Waals surface area contributed by atoms with Gasteiger partial charge in [-0.3, -0.25) is 4.79 Å². The summed E-state index contributed by atoms with van der Waals surface area (Å²) in [6.07, 6.45) is 0. The molecule has 0 radical (unpaired) electrons. The Morgan fingerprint density at radius 1 is 1.04 bits per heavy atom. The fraction of sp³-hybridized carbons (Fsp3) is 0.158. The van der Waals surface area contributed by atoms with Crippen LogP contribution in [0.2, 0.25) is 10.0 Å². The molecule has 3 aromatic rings. The van der Waals surface area contributed by atoms with Crippen molar-refractivity contribution in [1.82, 2.24) is 9.78 Å². The summed E-state index contributed by atoms with van der Waals surface area (Å²) in [5.74, 6) is -0.219. The molecule has 3 rings (SSSR count). The highest BCUT2D eigenvalue weighted by atomic mass is 35.5. The van der Waals surface area contributed by atoms with E-state index in [4.69, 9.17) is 23.2 Å². The van der Waals surface area contributed by atoms with Gasteiger partial charge in [-0.25, -0.2) is 4.68 Å². The van der Waals surface area contributed by atoms with Gasteiger partial charge >= 0.3 is 0 Å². The van der Waals surface area contributed by atoms with Gasteiger partial charge in [0, 0.05) is 5.56 Å². The zero-order valence-corrected chi connectivity index (χ0v) is 15.6. The van der Waals surface area contributed by atoms with Gasteiger partial charge in [0.2, 0.25) is 0 Å². The zero-order chi connectivity index (χ0) is 18.1. The molecule has 4 nitrogen and oxygen atoms in total. The Morgan fingerprint density at radius 2 is 1.72 bits per heavy atom. The van der Waals surface area contributed by atoms with Gasteiger partial charge in [-0.2, -0.15) is 5.10 Å². The van der Waals surface area contributed by atoms with E-state index < -0.39 is 0 Å². The molecule has 0 aliphatic carbocycles. The third-order valence-electron chi connectivity index (χ3n) is 3.95. The van der Waals surface area contributed by atoms with Crippen molar-refractivity contribution in [3.63, 3.8) is 0 Å². The number of carbonyl (C=O) groups is 1.